The van der Waals surface area contributed by atoms with E-state index in [0.717, 1.165) is 16.7 Å². The highest BCUT2D eigenvalue weighted by molar-refractivity contribution is 5.84. The topological polar surface area (TPSA) is 163 Å². The molecular formula is C39H50N4O6. The average molecular weight is 671 g/mol. The standard InChI is InChI=1S/C17H18N2O3.C10H12N2O3.C7H8.C5H12/c18-16(20)15(11-13-7-3-1-4-8-13)19-17(21)22-12-14-9-5-2-6-10-14;11-9(13)6-12-10(14)15-7-8-4-2-1-3-5-8;1-7-5-3-2-4-6-7;1-3-5-4-2/h1-10,15H,11-12H2,(H2,18,20)(H,19,21);1-5H,6-7H2,(H2,11,13)(H,12,14);2-6H,1H3;3-5H2,1-2H3. The largest absolute Gasteiger partial charge is 0.445 e. The molecule has 10 nitrogen and oxygen atoms in total. The number of carbonyl (C=O) groups excluding carboxylic acids is 4. The third-order valence-corrected chi connectivity index (χ3v) is 6.40. The number of aryl methyl sites for hydroxylation is 1. The Labute approximate surface area is 290 Å². The number of amides is 4. The van der Waals surface area contributed by atoms with Crippen LogP contribution in [-0.2, 0) is 38.7 Å². The van der Waals surface area contributed by atoms with Crippen LogP contribution in [0.1, 0.15) is 55.4 Å². The van der Waals surface area contributed by atoms with Crippen LogP contribution in [0.5, 0.6) is 0 Å². The van der Waals surface area contributed by atoms with Gasteiger partial charge in [-0.25, -0.2) is 9.59 Å². The lowest BCUT2D eigenvalue weighted by Gasteiger charge is -2.15. The lowest BCUT2D eigenvalue weighted by atomic mass is 10.1. The number of hydrogen-bond acceptors (Lipinski definition) is 6. The van der Waals surface area contributed by atoms with E-state index in [-0.39, 0.29) is 19.8 Å². The Hall–Kier alpha value is -5.64. The van der Waals surface area contributed by atoms with Gasteiger partial charge in [0.05, 0.1) is 6.54 Å². The number of ether oxygens (including phenoxy) is 2. The Kier molecular flexibility index (Phi) is 22.3. The van der Waals surface area contributed by atoms with Crippen LogP contribution in [0.15, 0.2) is 121 Å². The summed E-state index contributed by atoms with van der Waals surface area (Å²) in [4.78, 5) is 44.6. The zero-order valence-electron chi connectivity index (χ0n) is 28.7. The third kappa shape index (κ3) is 22.5. The van der Waals surface area contributed by atoms with Crippen LogP contribution in [0, 0.1) is 6.92 Å². The fraction of sp³-hybridized carbons (Fsp3) is 0.282. The molecule has 0 fully saturated rings. The molecule has 0 spiro atoms. The van der Waals surface area contributed by atoms with Crippen LogP contribution in [0.4, 0.5) is 9.59 Å². The van der Waals surface area contributed by atoms with E-state index in [1.807, 2.05) is 109 Å². The number of hydrogen-bond donors (Lipinski definition) is 4. The zero-order valence-corrected chi connectivity index (χ0v) is 28.7. The number of rotatable bonds is 12. The molecule has 10 heteroatoms. The van der Waals surface area contributed by atoms with Crippen LogP contribution in [0.3, 0.4) is 0 Å². The van der Waals surface area contributed by atoms with Crippen molar-refractivity contribution in [2.24, 2.45) is 11.5 Å². The monoisotopic (exact) mass is 670 g/mol. The van der Waals surface area contributed by atoms with Crippen molar-refractivity contribution in [1.29, 1.82) is 0 Å². The van der Waals surface area contributed by atoms with Crippen molar-refractivity contribution >= 4 is 24.0 Å². The Morgan fingerprint density at radius 1 is 0.612 bits per heavy atom. The van der Waals surface area contributed by atoms with Crippen LogP contribution in [-0.4, -0.2) is 36.6 Å². The number of nitrogens with one attached hydrogen (secondary N) is 2. The third-order valence-electron chi connectivity index (χ3n) is 6.40. The van der Waals surface area contributed by atoms with Crippen molar-refractivity contribution in [3.8, 4) is 0 Å². The van der Waals surface area contributed by atoms with Gasteiger partial charge in [0.25, 0.3) is 0 Å². The second-order valence-electron chi connectivity index (χ2n) is 10.7. The summed E-state index contributed by atoms with van der Waals surface area (Å²) in [5, 5.41) is 4.72. The van der Waals surface area contributed by atoms with E-state index < -0.39 is 30.0 Å². The van der Waals surface area contributed by atoms with E-state index in [1.165, 1.54) is 24.8 Å². The minimum atomic E-state index is -0.800. The van der Waals surface area contributed by atoms with E-state index in [2.05, 4.69) is 43.5 Å². The van der Waals surface area contributed by atoms with Crippen molar-refractivity contribution in [2.75, 3.05) is 6.54 Å². The van der Waals surface area contributed by atoms with Crippen molar-refractivity contribution in [1.82, 2.24) is 10.6 Å². The number of primary amides is 2. The van der Waals surface area contributed by atoms with Crippen LogP contribution in [0.2, 0.25) is 0 Å². The zero-order chi connectivity index (χ0) is 36.1. The van der Waals surface area contributed by atoms with Gasteiger partial charge in [0.1, 0.15) is 19.3 Å². The fourth-order valence-corrected chi connectivity index (χ4v) is 3.80. The summed E-state index contributed by atoms with van der Waals surface area (Å²) in [6.45, 7) is 6.61. The minimum Gasteiger partial charge on any atom is -0.445 e. The number of benzene rings is 4. The molecule has 0 saturated heterocycles. The summed E-state index contributed by atoms with van der Waals surface area (Å²) in [6.07, 6.45) is 3.09. The van der Waals surface area contributed by atoms with E-state index in [1.54, 1.807) is 0 Å². The molecule has 0 bridgehead atoms. The molecule has 262 valence electrons. The van der Waals surface area contributed by atoms with Crippen molar-refractivity contribution in [2.45, 2.75) is 65.7 Å². The number of nitrogens with two attached hydrogens (primary N) is 2. The molecule has 49 heavy (non-hydrogen) atoms. The highest BCUT2D eigenvalue weighted by Crippen LogP contribution is 2.05. The van der Waals surface area contributed by atoms with Gasteiger partial charge in [-0.1, -0.05) is 160 Å². The molecule has 0 heterocycles. The second kappa shape index (κ2) is 26.4. The second-order valence-corrected chi connectivity index (χ2v) is 10.7. The number of carbonyl (C=O) groups is 4. The van der Waals surface area contributed by atoms with E-state index in [9.17, 15) is 19.2 Å². The van der Waals surface area contributed by atoms with Gasteiger partial charge in [-0.05, 0) is 23.6 Å². The SMILES string of the molecule is CCCCC.Cc1ccccc1.NC(=O)C(Cc1ccccc1)NC(=O)OCc1ccccc1.NC(=O)CNC(=O)OCc1ccccc1. The van der Waals surface area contributed by atoms with Gasteiger partial charge in [-0.2, -0.15) is 0 Å². The summed E-state index contributed by atoms with van der Waals surface area (Å²) >= 11 is 0. The highest BCUT2D eigenvalue weighted by atomic mass is 16.6. The quantitative estimate of drug-likeness (QED) is 0.133. The normalized spacial score (nSPS) is 10.1. The molecule has 4 amide bonds. The summed E-state index contributed by atoms with van der Waals surface area (Å²) in [7, 11) is 0. The first-order valence-electron chi connectivity index (χ1n) is 16.2. The number of unbranched alkanes of at least 4 members (excludes halogenated alkanes) is 2. The predicted molar refractivity (Wildman–Crippen MR) is 193 cm³/mol. The van der Waals surface area contributed by atoms with Crippen LogP contribution in [0.25, 0.3) is 0 Å². The highest BCUT2D eigenvalue weighted by Gasteiger charge is 2.19. The molecule has 4 aromatic rings. The molecule has 0 aromatic heterocycles. The van der Waals surface area contributed by atoms with E-state index in [0.29, 0.717) is 6.42 Å². The minimum absolute atomic E-state index is 0.142. The first kappa shape index (κ1) is 41.4. The van der Waals surface area contributed by atoms with Gasteiger partial charge >= 0.3 is 12.2 Å². The van der Waals surface area contributed by atoms with Crippen molar-refractivity contribution in [3.63, 3.8) is 0 Å². The summed E-state index contributed by atoms with van der Waals surface area (Å²) in [5.41, 5.74) is 14.2. The van der Waals surface area contributed by atoms with Gasteiger partial charge < -0.3 is 31.6 Å². The molecule has 0 aliphatic heterocycles. The van der Waals surface area contributed by atoms with Crippen LogP contribution < -0.4 is 22.1 Å². The summed E-state index contributed by atoms with van der Waals surface area (Å²) < 4.78 is 9.91. The Bertz CT molecular complexity index is 1450. The number of alkyl carbamates (subject to hydrolysis) is 2. The van der Waals surface area contributed by atoms with Gasteiger partial charge in [-0.15, -0.1) is 0 Å². The van der Waals surface area contributed by atoms with Crippen molar-refractivity contribution in [3.05, 3.63) is 144 Å². The van der Waals surface area contributed by atoms with E-state index in [4.69, 9.17) is 20.9 Å². The van der Waals surface area contributed by atoms with Crippen molar-refractivity contribution < 1.29 is 28.7 Å². The predicted octanol–water partition coefficient (Wildman–Crippen LogP) is 6.60. The molecule has 0 radical (unpaired) electrons. The molecule has 4 aromatic carbocycles. The molecule has 6 N–H and O–H groups in total. The lowest BCUT2D eigenvalue weighted by molar-refractivity contribution is -0.120. The Morgan fingerprint density at radius 2 is 1.02 bits per heavy atom. The molecule has 1 atom stereocenters. The molecular weight excluding hydrogens is 620 g/mol. The van der Waals surface area contributed by atoms with Gasteiger partial charge in [-0.3, -0.25) is 9.59 Å². The lowest BCUT2D eigenvalue weighted by Crippen LogP contribution is -2.46. The maximum Gasteiger partial charge on any atom is 0.408 e. The molecule has 1 unspecified atom stereocenters. The smallest absolute Gasteiger partial charge is 0.408 e. The Balaban J connectivity index is 0.000000380. The fourth-order valence-electron chi connectivity index (χ4n) is 3.80. The average Bonchev–Trinajstić information content (AvgIpc) is 3.11. The van der Waals surface area contributed by atoms with Crippen LogP contribution >= 0.6 is 0 Å². The molecule has 0 aliphatic carbocycles. The maximum absolute atomic E-state index is 11.8. The van der Waals surface area contributed by atoms with Gasteiger partial charge in [0, 0.05) is 6.42 Å². The Morgan fingerprint density at radius 3 is 1.37 bits per heavy atom. The summed E-state index contributed by atoms with van der Waals surface area (Å²) in [6, 6.07) is 37.3. The first-order chi connectivity index (χ1) is 23.6. The van der Waals surface area contributed by atoms with Gasteiger partial charge in [0.15, 0.2) is 0 Å². The molecule has 4 rings (SSSR count). The molecule has 0 aliphatic rings. The van der Waals surface area contributed by atoms with E-state index >= 15 is 0 Å². The summed E-state index contributed by atoms with van der Waals surface area (Å²) in [5.74, 6) is -1.20. The van der Waals surface area contributed by atoms with Gasteiger partial charge in [0.2, 0.25) is 11.8 Å². The maximum atomic E-state index is 11.8. The molecule has 0 saturated carbocycles. The first-order valence-corrected chi connectivity index (χ1v) is 16.2.